The average molecular weight is 301 g/mol. The van der Waals surface area contributed by atoms with Crippen molar-refractivity contribution in [2.24, 2.45) is 0 Å². The van der Waals surface area contributed by atoms with Crippen molar-refractivity contribution in [1.29, 1.82) is 0 Å². The standard InChI is InChI=1S/C11H13BrN2O3/c12-6-3-7(9-5-13-1-2-14-9)10(15)8(4-6)11(16)17/h3-4,9,13-15H,1-2,5H2,(H,16,17)/t9-/m0/s1. The molecule has 1 aliphatic heterocycles. The minimum absolute atomic E-state index is 0.0700. The molecule has 1 aromatic carbocycles. The van der Waals surface area contributed by atoms with Crippen molar-refractivity contribution in [2.45, 2.75) is 6.04 Å². The van der Waals surface area contributed by atoms with Gasteiger partial charge in [0.05, 0.1) is 0 Å². The Morgan fingerprint density at radius 3 is 2.76 bits per heavy atom. The van der Waals surface area contributed by atoms with Crippen LogP contribution in [0.2, 0.25) is 0 Å². The lowest BCUT2D eigenvalue weighted by molar-refractivity contribution is 0.0693. The lowest BCUT2D eigenvalue weighted by atomic mass is 10.0. The second-order valence-corrected chi connectivity index (χ2v) is 4.82. The number of rotatable bonds is 2. The van der Waals surface area contributed by atoms with Crippen LogP contribution in [0.4, 0.5) is 0 Å². The molecular weight excluding hydrogens is 288 g/mol. The van der Waals surface area contributed by atoms with Crippen molar-refractivity contribution < 1.29 is 15.0 Å². The number of phenols is 1. The monoisotopic (exact) mass is 300 g/mol. The van der Waals surface area contributed by atoms with Crippen LogP contribution in [-0.2, 0) is 0 Å². The quantitative estimate of drug-likeness (QED) is 0.657. The van der Waals surface area contributed by atoms with Crippen molar-refractivity contribution in [3.63, 3.8) is 0 Å². The first kappa shape index (κ1) is 12.3. The van der Waals surface area contributed by atoms with Gasteiger partial charge in [0, 0.05) is 35.7 Å². The van der Waals surface area contributed by atoms with E-state index in [0.29, 0.717) is 16.6 Å². The van der Waals surface area contributed by atoms with Crippen LogP contribution in [0, 0.1) is 0 Å². The van der Waals surface area contributed by atoms with Crippen LogP contribution in [0.15, 0.2) is 16.6 Å². The van der Waals surface area contributed by atoms with Gasteiger partial charge in [0.25, 0.3) is 0 Å². The molecular formula is C11H13BrN2O3. The number of carbonyl (C=O) groups is 1. The molecule has 1 atom stereocenters. The number of halogens is 1. The first-order valence-electron chi connectivity index (χ1n) is 5.29. The summed E-state index contributed by atoms with van der Waals surface area (Å²) >= 11 is 3.26. The Hall–Kier alpha value is -1.11. The molecule has 0 spiro atoms. The van der Waals surface area contributed by atoms with Gasteiger partial charge in [-0.3, -0.25) is 0 Å². The van der Waals surface area contributed by atoms with Gasteiger partial charge in [0.2, 0.25) is 0 Å². The molecule has 1 heterocycles. The molecule has 17 heavy (non-hydrogen) atoms. The Kier molecular flexibility index (Phi) is 3.66. The number of aromatic hydroxyl groups is 1. The summed E-state index contributed by atoms with van der Waals surface area (Å²) < 4.78 is 0.648. The second-order valence-electron chi connectivity index (χ2n) is 3.91. The van der Waals surface area contributed by atoms with Crippen molar-refractivity contribution in [3.8, 4) is 5.75 Å². The maximum absolute atomic E-state index is 11.0. The summed E-state index contributed by atoms with van der Waals surface area (Å²) in [7, 11) is 0. The van der Waals surface area contributed by atoms with Gasteiger partial charge in [0.15, 0.2) is 0 Å². The summed E-state index contributed by atoms with van der Waals surface area (Å²) in [6.07, 6.45) is 0. The number of carboxylic acid groups (broad SMARTS) is 1. The molecule has 1 aromatic rings. The van der Waals surface area contributed by atoms with Gasteiger partial charge in [0.1, 0.15) is 11.3 Å². The van der Waals surface area contributed by atoms with Gasteiger partial charge in [-0.05, 0) is 12.1 Å². The number of carboxylic acids is 1. The smallest absolute Gasteiger partial charge is 0.339 e. The predicted octanol–water partition coefficient (Wildman–Crippen LogP) is 1.09. The van der Waals surface area contributed by atoms with E-state index in [0.717, 1.165) is 13.1 Å². The van der Waals surface area contributed by atoms with E-state index in [-0.39, 0.29) is 17.4 Å². The molecule has 0 unspecified atom stereocenters. The lowest BCUT2D eigenvalue weighted by Crippen LogP contribution is -2.42. The van der Waals surface area contributed by atoms with Crippen molar-refractivity contribution in [1.82, 2.24) is 10.6 Å². The highest BCUT2D eigenvalue weighted by Gasteiger charge is 2.22. The molecule has 92 valence electrons. The molecule has 2 rings (SSSR count). The van der Waals surface area contributed by atoms with E-state index >= 15 is 0 Å². The van der Waals surface area contributed by atoms with Crippen molar-refractivity contribution >= 4 is 21.9 Å². The van der Waals surface area contributed by atoms with Gasteiger partial charge in [-0.2, -0.15) is 0 Å². The molecule has 6 heteroatoms. The summed E-state index contributed by atoms with van der Waals surface area (Å²) in [4.78, 5) is 11.0. The molecule has 0 saturated carbocycles. The van der Waals surface area contributed by atoms with Gasteiger partial charge in [-0.1, -0.05) is 15.9 Å². The third-order valence-electron chi connectivity index (χ3n) is 2.75. The molecule has 1 fully saturated rings. The lowest BCUT2D eigenvalue weighted by Gasteiger charge is -2.26. The molecule has 0 amide bonds. The summed E-state index contributed by atoms with van der Waals surface area (Å²) in [5.74, 6) is -1.30. The summed E-state index contributed by atoms with van der Waals surface area (Å²) in [6.45, 7) is 2.33. The maximum Gasteiger partial charge on any atom is 0.339 e. The molecule has 0 aliphatic carbocycles. The van der Waals surface area contributed by atoms with Gasteiger partial charge >= 0.3 is 5.97 Å². The first-order valence-corrected chi connectivity index (χ1v) is 6.08. The summed E-state index contributed by atoms with van der Waals surface area (Å²) in [6, 6.07) is 3.07. The van der Waals surface area contributed by atoms with E-state index in [9.17, 15) is 9.90 Å². The number of piperazine rings is 1. The SMILES string of the molecule is O=C(O)c1cc(Br)cc([C@@H]2CNCCN2)c1O. The molecule has 5 nitrogen and oxygen atoms in total. The summed E-state index contributed by atoms with van der Waals surface area (Å²) in [5.41, 5.74) is 0.519. The fourth-order valence-corrected chi connectivity index (χ4v) is 2.40. The topological polar surface area (TPSA) is 81.6 Å². The van der Waals surface area contributed by atoms with E-state index in [4.69, 9.17) is 5.11 Å². The predicted molar refractivity (Wildman–Crippen MR) is 66.4 cm³/mol. The Labute approximate surface area is 107 Å². The van der Waals surface area contributed by atoms with Gasteiger partial charge in [-0.25, -0.2) is 4.79 Å². The van der Waals surface area contributed by atoms with E-state index in [1.54, 1.807) is 6.07 Å². The van der Waals surface area contributed by atoms with Gasteiger partial charge in [-0.15, -0.1) is 0 Å². The number of nitrogens with one attached hydrogen (secondary N) is 2. The zero-order valence-corrected chi connectivity index (χ0v) is 10.6. The molecule has 1 saturated heterocycles. The van der Waals surface area contributed by atoms with Crippen molar-refractivity contribution in [2.75, 3.05) is 19.6 Å². The Morgan fingerprint density at radius 2 is 2.18 bits per heavy atom. The van der Waals surface area contributed by atoms with E-state index < -0.39 is 5.97 Å². The van der Waals surface area contributed by atoms with Gasteiger partial charge < -0.3 is 20.8 Å². The Balaban J connectivity index is 2.41. The number of hydrogen-bond acceptors (Lipinski definition) is 4. The van der Waals surface area contributed by atoms with Crippen LogP contribution in [0.5, 0.6) is 5.75 Å². The van der Waals surface area contributed by atoms with E-state index in [2.05, 4.69) is 26.6 Å². The molecule has 4 N–H and O–H groups in total. The highest BCUT2D eigenvalue weighted by Crippen LogP contribution is 2.32. The van der Waals surface area contributed by atoms with Crippen LogP contribution in [0.3, 0.4) is 0 Å². The van der Waals surface area contributed by atoms with Crippen LogP contribution in [0.25, 0.3) is 0 Å². The van der Waals surface area contributed by atoms with Crippen LogP contribution in [-0.4, -0.2) is 35.8 Å². The van der Waals surface area contributed by atoms with Crippen molar-refractivity contribution in [3.05, 3.63) is 27.7 Å². The number of aromatic carboxylic acids is 1. The zero-order chi connectivity index (χ0) is 12.4. The van der Waals surface area contributed by atoms with Crippen LogP contribution >= 0.6 is 15.9 Å². The van der Waals surface area contributed by atoms with Crippen LogP contribution < -0.4 is 10.6 Å². The maximum atomic E-state index is 11.0. The third-order valence-corrected chi connectivity index (χ3v) is 3.21. The van der Waals surface area contributed by atoms with E-state index in [1.165, 1.54) is 6.07 Å². The second kappa shape index (κ2) is 5.03. The molecule has 0 bridgehead atoms. The Morgan fingerprint density at radius 1 is 1.41 bits per heavy atom. The van der Waals surface area contributed by atoms with Crippen LogP contribution in [0.1, 0.15) is 22.0 Å². The average Bonchev–Trinajstić information content (AvgIpc) is 2.32. The number of hydrogen-bond donors (Lipinski definition) is 4. The molecule has 0 aromatic heterocycles. The zero-order valence-electron chi connectivity index (χ0n) is 9.03. The highest BCUT2D eigenvalue weighted by molar-refractivity contribution is 9.10. The molecule has 0 radical (unpaired) electrons. The highest BCUT2D eigenvalue weighted by atomic mass is 79.9. The first-order chi connectivity index (χ1) is 8.09. The minimum Gasteiger partial charge on any atom is -0.507 e. The van der Waals surface area contributed by atoms with E-state index in [1.807, 2.05) is 0 Å². The summed E-state index contributed by atoms with van der Waals surface area (Å²) in [5, 5.41) is 25.4. The minimum atomic E-state index is -1.13. The normalized spacial score (nSPS) is 20.2. The fourth-order valence-electron chi connectivity index (χ4n) is 1.92. The number of benzene rings is 1. The Bertz CT molecular complexity index is 445. The largest absolute Gasteiger partial charge is 0.507 e. The molecule has 1 aliphatic rings. The third kappa shape index (κ3) is 2.59. The fraction of sp³-hybridized carbons (Fsp3) is 0.364.